The molecule has 2 aliphatic carbocycles. The molecule has 2 saturated heterocycles. The van der Waals surface area contributed by atoms with Crippen LogP contribution in [0.1, 0.15) is 45.8 Å². The van der Waals surface area contributed by atoms with E-state index in [-0.39, 0.29) is 40.1 Å². The standard InChI is InChI=1S/C41H33Br2N3O8/c1-20-11-13-23(14-12-20)44-46-37(49)29-18-27-25(15-16-26-31(27)38(50)45(36(26)48)24-10-6-7-21(17-24)39(51)52)32(28-19-30(54-2)35(47)34(43)33(28)42)41(29,40(46)53)22-8-4-3-5-9-22/h3-15,17,19,26-27,29,31-32,44,47H,16,18H2,1-2H3,(H,51,52). The van der Waals surface area contributed by atoms with Crippen molar-refractivity contribution >= 4 is 72.8 Å². The number of aromatic hydroxyl groups is 1. The molecule has 0 aromatic heterocycles. The normalized spacial score (nSPS) is 25.9. The van der Waals surface area contributed by atoms with Gasteiger partial charge >= 0.3 is 5.97 Å². The molecule has 8 rings (SSSR count). The van der Waals surface area contributed by atoms with Crippen LogP contribution in [-0.4, -0.2) is 51.9 Å². The average Bonchev–Trinajstić information content (AvgIpc) is 3.56. The number of hydrogen-bond donors (Lipinski definition) is 3. The number of aromatic carboxylic acids is 1. The Bertz CT molecular complexity index is 2310. The first kappa shape index (κ1) is 35.7. The number of aryl methyl sites for hydroxylation is 1. The predicted octanol–water partition coefficient (Wildman–Crippen LogP) is 7.12. The van der Waals surface area contributed by atoms with Crippen LogP contribution >= 0.6 is 31.9 Å². The maximum absolute atomic E-state index is 15.4. The van der Waals surface area contributed by atoms with Crippen molar-refractivity contribution in [2.45, 2.75) is 31.1 Å². The molecular formula is C41H33Br2N3O8. The quantitative estimate of drug-likeness (QED) is 0.130. The number of halogens is 2. The number of amides is 4. The molecule has 274 valence electrons. The van der Waals surface area contributed by atoms with Crippen LogP contribution in [0.2, 0.25) is 0 Å². The first-order valence-electron chi connectivity index (χ1n) is 17.3. The lowest BCUT2D eigenvalue weighted by atomic mass is 9.49. The number of methoxy groups -OCH3 is 1. The Labute approximate surface area is 326 Å². The number of phenolic OH excluding ortho intramolecular Hbond substituents is 1. The minimum Gasteiger partial charge on any atom is -0.503 e. The van der Waals surface area contributed by atoms with Crippen LogP contribution in [0.15, 0.2) is 106 Å². The second-order valence-corrected chi connectivity index (χ2v) is 15.7. The summed E-state index contributed by atoms with van der Waals surface area (Å²) >= 11 is 7.20. The Morgan fingerprint density at radius 1 is 0.889 bits per heavy atom. The second kappa shape index (κ2) is 13.2. The van der Waals surface area contributed by atoms with E-state index in [1.54, 1.807) is 18.2 Å². The van der Waals surface area contributed by atoms with Gasteiger partial charge in [0.25, 0.3) is 11.8 Å². The number of carbonyl (C=O) groups excluding carboxylic acids is 4. The summed E-state index contributed by atoms with van der Waals surface area (Å²) in [4.78, 5) is 72.0. The zero-order valence-electron chi connectivity index (χ0n) is 29.0. The SMILES string of the molecule is COc1cc(C2C3=CCC4C(=O)N(c5cccc(C(=O)O)c5)C(=O)C4C3CC3C(=O)N(Nc4ccc(C)cc4)C(=O)C32c2ccccc2)c(Br)c(Br)c1O. The molecule has 6 atom stereocenters. The third kappa shape index (κ3) is 5.15. The number of carboxylic acid groups (broad SMARTS) is 1. The number of phenols is 1. The number of allylic oxidation sites excluding steroid dienone is 2. The Kier molecular flexibility index (Phi) is 8.76. The molecule has 4 amide bonds. The maximum atomic E-state index is 15.4. The molecule has 1 saturated carbocycles. The van der Waals surface area contributed by atoms with Crippen LogP contribution in [0, 0.1) is 30.6 Å². The lowest BCUT2D eigenvalue weighted by Gasteiger charge is -2.51. The van der Waals surface area contributed by atoms with Crippen LogP contribution < -0.4 is 15.1 Å². The van der Waals surface area contributed by atoms with E-state index in [1.807, 2.05) is 55.5 Å². The molecular weight excluding hydrogens is 822 g/mol. The smallest absolute Gasteiger partial charge is 0.335 e. The Balaban J connectivity index is 1.35. The number of carbonyl (C=O) groups is 5. The van der Waals surface area contributed by atoms with Gasteiger partial charge in [-0.3, -0.25) is 29.5 Å². The molecule has 3 N–H and O–H groups in total. The third-order valence-electron chi connectivity index (χ3n) is 11.4. The maximum Gasteiger partial charge on any atom is 0.335 e. The number of fused-ring (bicyclic) bond motifs is 4. The van der Waals surface area contributed by atoms with E-state index >= 15 is 4.79 Å². The van der Waals surface area contributed by atoms with Crippen molar-refractivity contribution in [2.75, 3.05) is 17.4 Å². The highest BCUT2D eigenvalue weighted by molar-refractivity contribution is 9.13. The van der Waals surface area contributed by atoms with Gasteiger partial charge in [0, 0.05) is 10.4 Å². The van der Waals surface area contributed by atoms with Crippen LogP contribution in [-0.2, 0) is 24.6 Å². The molecule has 13 heteroatoms. The van der Waals surface area contributed by atoms with Crippen molar-refractivity contribution in [2.24, 2.45) is 23.7 Å². The number of hydrogen-bond acceptors (Lipinski definition) is 8. The van der Waals surface area contributed by atoms with Crippen molar-refractivity contribution in [3.8, 4) is 11.5 Å². The van der Waals surface area contributed by atoms with Gasteiger partial charge in [-0.05, 0) is 105 Å². The summed E-state index contributed by atoms with van der Waals surface area (Å²) in [5.74, 6) is -7.41. The van der Waals surface area contributed by atoms with Crippen molar-refractivity contribution < 1.29 is 38.9 Å². The van der Waals surface area contributed by atoms with Crippen LogP contribution in [0.3, 0.4) is 0 Å². The van der Waals surface area contributed by atoms with Crippen LogP contribution in [0.25, 0.3) is 0 Å². The first-order valence-corrected chi connectivity index (χ1v) is 18.9. The van der Waals surface area contributed by atoms with E-state index in [1.165, 1.54) is 31.4 Å². The number of hydrazine groups is 1. The van der Waals surface area contributed by atoms with E-state index in [2.05, 4.69) is 37.3 Å². The van der Waals surface area contributed by atoms with Crippen LogP contribution in [0.4, 0.5) is 11.4 Å². The molecule has 11 nitrogen and oxygen atoms in total. The molecule has 0 radical (unpaired) electrons. The number of ether oxygens (including phenoxy) is 1. The van der Waals surface area contributed by atoms with E-state index in [0.29, 0.717) is 26.9 Å². The van der Waals surface area contributed by atoms with Gasteiger partial charge in [-0.25, -0.2) is 4.79 Å². The van der Waals surface area contributed by atoms with Crippen LogP contribution in [0.5, 0.6) is 11.5 Å². The van der Waals surface area contributed by atoms with Gasteiger partial charge in [0.2, 0.25) is 11.8 Å². The largest absolute Gasteiger partial charge is 0.503 e. The fraction of sp³-hybridized carbons (Fsp3) is 0.244. The number of benzene rings is 4. The highest BCUT2D eigenvalue weighted by atomic mass is 79.9. The van der Waals surface area contributed by atoms with E-state index < -0.39 is 64.6 Å². The zero-order chi connectivity index (χ0) is 38.2. The molecule has 0 spiro atoms. The zero-order valence-corrected chi connectivity index (χ0v) is 32.1. The number of anilines is 2. The minimum atomic E-state index is -1.55. The molecule has 0 bridgehead atoms. The summed E-state index contributed by atoms with van der Waals surface area (Å²) in [6, 6.07) is 23.8. The molecule has 4 aromatic rings. The number of imide groups is 2. The summed E-state index contributed by atoms with van der Waals surface area (Å²) in [6.45, 7) is 1.93. The summed E-state index contributed by atoms with van der Waals surface area (Å²) < 4.78 is 6.30. The van der Waals surface area contributed by atoms with Gasteiger partial charge in [0.05, 0.1) is 51.7 Å². The monoisotopic (exact) mass is 853 g/mol. The highest BCUT2D eigenvalue weighted by Gasteiger charge is 2.70. The van der Waals surface area contributed by atoms with Gasteiger partial charge < -0.3 is 14.9 Å². The molecule has 3 fully saturated rings. The molecule has 2 aliphatic heterocycles. The van der Waals surface area contributed by atoms with Gasteiger partial charge in [-0.15, -0.1) is 0 Å². The second-order valence-electron chi connectivity index (χ2n) is 14.1. The predicted molar refractivity (Wildman–Crippen MR) is 205 cm³/mol. The number of nitrogens with zero attached hydrogens (tertiary/aromatic N) is 2. The summed E-state index contributed by atoms with van der Waals surface area (Å²) in [7, 11) is 1.41. The fourth-order valence-corrected chi connectivity index (χ4v) is 10.1. The molecule has 4 aromatic carbocycles. The average molecular weight is 856 g/mol. The summed E-state index contributed by atoms with van der Waals surface area (Å²) in [5.41, 5.74) is 4.98. The first-order chi connectivity index (χ1) is 25.9. The third-order valence-corrected chi connectivity index (χ3v) is 13.6. The van der Waals surface area contributed by atoms with Crippen molar-refractivity contribution in [3.63, 3.8) is 0 Å². The van der Waals surface area contributed by atoms with Gasteiger partial charge in [0.15, 0.2) is 11.5 Å². The molecule has 54 heavy (non-hydrogen) atoms. The lowest BCUT2D eigenvalue weighted by Crippen LogP contribution is -2.53. The van der Waals surface area contributed by atoms with Gasteiger partial charge in [-0.2, -0.15) is 5.01 Å². The molecule has 4 aliphatic rings. The highest BCUT2D eigenvalue weighted by Crippen LogP contribution is 2.65. The summed E-state index contributed by atoms with van der Waals surface area (Å²) in [5, 5.41) is 21.8. The van der Waals surface area contributed by atoms with Crippen molar-refractivity contribution in [3.05, 3.63) is 128 Å². The van der Waals surface area contributed by atoms with Crippen molar-refractivity contribution in [1.29, 1.82) is 0 Å². The number of rotatable bonds is 7. The minimum absolute atomic E-state index is 0.0694. The fourth-order valence-electron chi connectivity index (χ4n) is 9.10. The Hall–Kier alpha value is -5.27. The van der Waals surface area contributed by atoms with E-state index in [4.69, 9.17) is 4.74 Å². The summed E-state index contributed by atoms with van der Waals surface area (Å²) in [6.07, 6.45) is 2.17. The number of nitrogens with one attached hydrogen (secondary N) is 1. The molecule has 6 unspecified atom stereocenters. The van der Waals surface area contributed by atoms with Gasteiger partial charge in [-0.1, -0.05) is 65.7 Å². The molecule has 2 heterocycles. The van der Waals surface area contributed by atoms with E-state index in [0.717, 1.165) is 15.5 Å². The van der Waals surface area contributed by atoms with Crippen molar-refractivity contribution in [1.82, 2.24) is 5.01 Å². The van der Waals surface area contributed by atoms with Gasteiger partial charge in [0.1, 0.15) is 0 Å². The lowest BCUT2D eigenvalue weighted by molar-refractivity contribution is -0.138. The Morgan fingerprint density at radius 3 is 2.30 bits per heavy atom. The number of carboxylic acids is 1. The Morgan fingerprint density at radius 2 is 1.61 bits per heavy atom. The van der Waals surface area contributed by atoms with E-state index in [9.17, 15) is 29.4 Å². The topological polar surface area (TPSA) is 154 Å².